The van der Waals surface area contributed by atoms with Crippen molar-refractivity contribution in [3.8, 4) is 5.75 Å². The predicted octanol–water partition coefficient (Wildman–Crippen LogP) is 4.49. The molecule has 1 aliphatic heterocycles. The molecule has 1 fully saturated rings. The molecule has 0 radical (unpaired) electrons. The molecular formula is C16H21ClO. The van der Waals surface area contributed by atoms with Crippen LogP contribution in [0, 0.1) is 12.8 Å². The van der Waals surface area contributed by atoms with E-state index in [0.29, 0.717) is 17.4 Å². The zero-order chi connectivity index (χ0) is 12.5. The van der Waals surface area contributed by atoms with Crippen LogP contribution < -0.4 is 4.74 Å². The summed E-state index contributed by atoms with van der Waals surface area (Å²) in [4.78, 5) is 0. The van der Waals surface area contributed by atoms with Gasteiger partial charge in [0.2, 0.25) is 0 Å². The van der Waals surface area contributed by atoms with E-state index in [0.717, 1.165) is 18.6 Å². The van der Waals surface area contributed by atoms with Crippen molar-refractivity contribution in [2.45, 2.75) is 56.9 Å². The zero-order valence-electron chi connectivity index (χ0n) is 11.0. The zero-order valence-corrected chi connectivity index (χ0v) is 11.7. The van der Waals surface area contributed by atoms with Gasteiger partial charge in [0.25, 0.3) is 0 Å². The molecule has 1 aliphatic carbocycles. The first-order valence-corrected chi connectivity index (χ1v) is 7.56. The van der Waals surface area contributed by atoms with E-state index in [1.807, 2.05) is 0 Å². The maximum absolute atomic E-state index is 6.44. The van der Waals surface area contributed by atoms with Gasteiger partial charge in [0.15, 0.2) is 0 Å². The molecule has 0 aromatic heterocycles. The average molecular weight is 265 g/mol. The average Bonchev–Trinajstić information content (AvgIpc) is 2.73. The van der Waals surface area contributed by atoms with Crippen LogP contribution in [0.3, 0.4) is 0 Å². The van der Waals surface area contributed by atoms with E-state index in [9.17, 15) is 0 Å². The van der Waals surface area contributed by atoms with Gasteiger partial charge in [-0.25, -0.2) is 0 Å². The van der Waals surface area contributed by atoms with Crippen molar-refractivity contribution >= 4 is 11.6 Å². The van der Waals surface area contributed by atoms with Crippen molar-refractivity contribution in [1.29, 1.82) is 0 Å². The van der Waals surface area contributed by atoms with Gasteiger partial charge in [0, 0.05) is 11.8 Å². The van der Waals surface area contributed by atoms with E-state index < -0.39 is 0 Å². The molecule has 18 heavy (non-hydrogen) atoms. The first-order chi connectivity index (χ1) is 8.72. The summed E-state index contributed by atoms with van der Waals surface area (Å²) < 4.78 is 6.05. The molecule has 0 N–H and O–H groups in total. The minimum atomic E-state index is 0.353. The minimum Gasteiger partial charge on any atom is -0.490 e. The Balaban J connectivity index is 1.63. The molecule has 0 spiro atoms. The van der Waals surface area contributed by atoms with Gasteiger partial charge in [0.1, 0.15) is 11.9 Å². The molecular weight excluding hydrogens is 244 g/mol. The summed E-state index contributed by atoms with van der Waals surface area (Å²) >= 11 is 6.44. The Bertz CT molecular complexity index is 429. The number of rotatable bonds is 2. The van der Waals surface area contributed by atoms with Gasteiger partial charge in [-0.2, -0.15) is 0 Å². The Morgan fingerprint density at radius 1 is 1.28 bits per heavy atom. The van der Waals surface area contributed by atoms with Crippen LogP contribution in [0.4, 0.5) is 0 Å². The largest absolute Gasteiger partial charge is 0.490 e. The van der Waals surface area contributed by atoms with Gasteiger partial charge in [0.05, 0.1) is 0 Å². The van der Waals surface area contributed by atoms with E-state index in [4.69, 9.17) is 16.3 Å². The number of hydrogen-bond donors (Lipinski definition) is 0. The van der Waals surface area contributed by atoms with E-state index in [-0.39, 0.29) is 0 Å². The van der Waals surface area contributed by atoms with Gasteiger partial charge in [-0.05, 0) is 43.7 Å². The third-order valence-electron chi connectivity index (χ3n) is 4.34. The van der Waals surface area contributed by atoms with Crippen LogP contribution >= 0.6 is 11.6 Å². The summed E-state index contributed by atoms with van der Waals surface area (Å²) in [5.74, 6) is 1.74. The second-order valence-electron chi connectivity index (χ2n) is 5.85. The monoisotopic (exact) mass is 264 g/mol. The van der Waals surface area contributed by atoms with Crippen molar-refractivity contribution in [2.75, 3.05) is 0 Å². The molecule has 1 saturated carbocycles. The Labute approximate surface area is 114 Å². The first kappa shape index (κ1) is 12.3. The van der Waals surface area contributed by atoms with Crippen LogP contribution in [0.1, 0.15) is 43.2 Å². The fraction of sp³-hybridized carbons (Fsp3) is 0.625. The Morgan fingerprint density at radius 3 is 2.94 bits per heavy atom. The predicted molar refractivity (Wildman–Crippen MR) is 75.5 cm³/mol. The highest BCUT2D eigenvalue weighted by Crippen LogP contribution is 2.37. The molecule has 1 nitrogen and oxygen atoms in total. The molecule has 3 rings (SSSR count). The molecule has 3 unspecified atom stereocenters. The topological polar surface area (TPSA) is 9.23 Å². The number of alkyl halides is 1. The quantitative estimate of drug-likeness (QED) is 0.716. The van der Waals surface area contributed by atoms with Crippen LogP contribution in [0.5, 0.6) is 5.75 Å². The van der Waals surface area contributed by atoms with Crippen LogP contribution in [-0.4, -0.2) is 11.5 Å². The van der Waals surface area contributed by atoms with Crippen LogP contribution in [0.25, 0.3) is 0 Å². The lowest BCUT2D eigenvalue weighted by Gasteiger charge is -2.28. The van der Waals surface area contributed by atoms with E-state index in [2.05, 4.69) is 25.1 Å². The SMILES string of the molecule is Cc1ccc2c(c1)CC(CC1CCCCC1Cl)O2. The van der Waals surface area contributed by atoms with E-state index in [1.165, 1.54) is 36.8 Å². The molecule has 0 amide bonds. The third-order valence-corrected chi connectivity index (χ3v) is 4.91. The molecule has 0 saturated heterocycles. The number of fused-ring (bicyclic) bond motifs is 1. The lowest BCUT2D eigenvalue weighted by atomic mass is 9.84. The van der Waals surface area contributed by atoms with Crippen LogP contribution in [-0.2, 0) is 6.42 Å². The molecule has 2 aliphatic rings. The number of benzene rings is 1. The van der Waals surface area contributed by atoms with Crippen molar-refractivity contribution in [2.24, 2.45) is 5.92 Å². The molecule has 1 aromatic carbocycles. The van der Waals surface area contributed by atoms with Crippen LogP contribution in [0.15, 0.2) is 18.2 Å². The molecule has 2 heteroatoms. The maximum atomic E-state index is 6.44. The highest BCUT2D eigenvalue weighted by Gasteiger charge is 2.30. The smallest absolute Gasteiger partial charge is 0.123 e. The summed E-state index contributed by atoms with van der Waals surface area (Å²) in [7, 11) is 0. The van der Waals surface area contributed by atoms with Crippen molar-refractivity contribution in [3.63, 3.8) is 0 Å². The number of aryl methyl sites for hydroxylation is 1. The summed E-state index contributed by atoms with van der Waals surface area (Å²) in [6.07, 6.45) is 7.65. The van der Waals surface area contributed by atoms with Crippen molar-refractivity contribution in [3.05, 3.63) is 29.3 Å². The van der Waals surface area contributed by atoms with Gasteiger partial charge in [-0.3, -0.25) is 0 Å². The molecule has 98 valence electrons. The van der Waals surface area contributed by atoms with Gasteiger partial charge in [-0.1, -0.05) is 30.5 Å². The summed E-state index contributed by atoms with van der Waals surface area (Å²) in [5.41, 5.74) is 2.70. The van der Waals surface area contributed by atoms with Crippen LogP contribution in [0.2, 0.25) is 0 Å². The van der Waals surface area contributed by atoms with Crippen molar-refractivity contribution < 1.29 is 4.74 Å². The van der Waals surface area contributed by atoms with Crippen molar-refractivity contribution in [1.82, 2.24) is 0 Å². The number of hydrogen-bond acceptors (Lipinski definition) is 1. The maximum Gasteiger partial charge on any atom is 0.123 e. The van der Waals surface area contributed by atoms with E-state index >= 15 is 0 Å². The molecule has 0 bridgehead atoms. The fourth-order valence-corrected chi connectivity index (χ4v) is 3.73. The summed E-state index contributed by atoms with van der Waals surface area (Å²) in [6, 6.07) is 6.50. The highest BCUT2D eigenvalue weighted by molar-refractivity contribution is 6.20. The Hall–Kier alpha value is -0.690. The minimum absolute atomic E-state index is 0.353. The fourth-order valence-electron chi connectivity index (χ4n) is 3.35. The van der Waals surface area contributed by atoms with Gasteiger partial charge >= 0.3 is 0 Å². The second-order valence-corrected chi connectivity index (χ2v) is 6.41. The lowest BCUT2D eigenvalue weighted by Crippen LogP contribution is -2.26. The Kier molecular flexibility index (Phi) is 3.52. The third kappa shape index (κ3) is 2.51. The number of ether oxygens (including phenoxy) is 1. The van der Waals surface area contributed by atoms with E-state index in [1.54, 1.807) is 0 Å². The summed E-state index contributed by atoms with van der Waals surface area (Å²) in [6.45, 7) is 2.14. The summed E-state index contributed by atoms with van der Waals surface area (Å²) in [5, 5.41) is 0.368. The lowest BCUT2D eigenvalue weighted by molar-refractivity contribution is 0.177. The molecule has 1 aromatic rings. The number of halogens is 1. The molecule has 3 atom stereocenters. The Morgan fingerprint density at radius 2 is 2.11 bits per heavy atom. The highest BCUT2D eigenvalue weighted by atomic mass is 35.5. The first-order valence-electron chi connectivity index (χ1n) is 7.12. The second kappa shape index (κ2) is 5.13. The standard InChI is InChI=1S/C16H21ClO/c1-11-6-7-16-13(8-11)10-14(18-16)9-12-4-2-3-5-15(12)17/h6-8,12,14-15H,2-5,9-10H2,1H3. The van der Waals surface area contributed by atoms with Gasteiger partial charge in [-0.15, -0.1) is 11.6 Å². The normalized spacial score (nSPS) is 30.9. The van der Waals surface area contributed by atoms with Gasteiger partial charge < -0.3 is 4.74 Å². The molecule has 1 heterocycles.